The maximum Gasteiger partial charge on any atom is 0.249 e. The fraction of sp³-hybridized carbons (Fsp3) is 0.333. The Morgan fingerprint density at radius 2 is 1.87 bits per heavy atom. The van der Waals surface area contributed by atoms with E-state index in [0.29, 0.717) is 23.7 Å². The van der Waals surface area contributed by atoms with Crippen LogP contribution in [0.5, 0.6) is 5.75 Å². The second-order valence-electron chi connectivity index (χ2n) is 6.75. The molecule has 1 amide bonds. The molecule has 0 aliphatic heterocycles. The van der Waals surface area contributed by atoms with Gasteiger partial charge in [0.15, 0.2) is 14.6 Å². The van der Waals surface area contributed by atoms with E-state index in [4.69, 9.17) is 9.47 Å². The first-order valence-corrected chi connectivity index (χ1v) is 11.8. The number of rotatable bonds is 8. The van der Waals surface area contributed by atoms with Crippen LogP contribution in [-0.4, -0.2) is 45.5 Å². The Morgan fingerprint density at radius 3 is 2.53 bits per heavy atom. The molecule has 0 aliphatic carbocycles. The predicted octanol–water partition coefficient (Wildman–Crippen LogP) is 2.96. The average molecular weight is 449 g/mol. The fourth-order valence-corrected chi connectivity index (χ4v) is 5.35. The number of methoxy groups -OCH3 is 2. The van der Waals surface area contributed by atoms with Gasteiger partial charge in [-0.05, 0) is 48.9 Å². The lowest BCUT2D eigenvalue weighted by molar-refractivity contribution is -0.117. The molecular weight excluding hydrogens is 424 g/mol. The Labute approximate surface area is 179 Å². The molecule has 9 heteroatoms. The number of sulfone groups is 1. The van der Waals surface area contributed by atoms with E-state index in [-0.39, 0.29) is 17.1 Å². The summed E-state index contributed by atoms with van der Waals surface area (Å²) in [7, 11) is -0.459. The third-order valence-electron chi connectivity index (χ3n) is 4.58. The van der Waals surface area contributed by atoms with Crippen LogP contribution < -0.4 is 9.54 Å². The number of aryl methyl sites for hydroxylation is 1. The number of benzene rings is 2. The van der Waals surface area contributed by atoms with Gasteiger partial charge in [0, 0.05) is 20.1 Å². The molecule has 0 spiro atoms. The van der Waals surface area contributed by atoms with Crippen molar-refractivity contribution in [3.63, 3.8) is 0 Å². The smallest absolute Gasteiger partial charge is 0.249 e. The summed E-state index contributed by atoms with van der Waals surface area (Å²) in [6.07, 6.45) is -0.189. The molecule has 0 radical (unpaired) electrons. The highest BCUT2D eigenvalue weighted by atomic mass is 32.2. The standard InChI is InChI=1S/C21H24N2O5S2/c1-15-4-9-18-19(14-15)29-21(23(18)11-12-27-2)22-20(24)10-13-30(25,26)17-7-5-16(28-3)6-8-17/h4-9,14H,10-13H2,1-3H3. The molecule has 0 bridgehead atoms. The van der Waals surface area contributed by atoms with Crippen LogP contribution in [0.3, 0.4) is 0 Å². The molecule has 0 atom stereocenters. The van der Waals surface area contributed by atoms with Crippen LogP contribution in [0.1, 0.15) is 12.0 Å². The van der Waals surface area contributed by atoms with Crippen molar-refractivity contribution in [2.24, 2.45) is 4.99 Å². The molecule has 1 aromatic heterocycles. The first-order chi connectivity index (χ1) is 14.3. The molecule has 3 rings (SSSR count). The Morgan fingerprint density at radius 1 is 1.13 bits per heavy atom. The average Bonchev–Trinajstić information content (AvgIpc) is 3.06. The number of thiazole rings is 1. The lowest BCUT2D eigenvalue weighted by atomic mass is 10.2. The van der Waals surface area contributed by atoms with Gasteiger partial charge in [-0.1, -0.05) is 17.4 Å². The molecule has 2 aromatic carbocycles. The van der Waals surface area contributed by atoms with E-state index in [9.17, 15) is 13.2 Å². The second kappa shape index (κ2) is 9.55. The molecule has 30 heavy (non-hydrogen) atoms. The van der Waals surface area contributed by atoms with Gasteiger partial charge >= 0.3 is 0 Å². The highest BCUT2D eigenvalue weighted by molar-refractivity contribution is 7.91. The Kier molecular flexibility index (Phi) is 7.06. The molecule has 0 saturated heterocycles. The van der Waals surface area contributed by atoms with Crippen molar-refractivity contribution in [3.8, 4) is 5.75 Å². The van der Waals surface area contributed by atoms with Gasteiger partial charge in [0.1, 0.15) is 5.75 Å². The number of amides is 1. The van der Waals surface area contributed by atoms with Crippen molar-refractivity contribution in [2.75, 3.05) is 26.6 Å². The Hall–Kier alpha value is -2.49. The number of hydrogen-bond acceptors (Lipinski definition) is 6. The zero-order chi connectivity index (χ0) is 21.7. The van der Waals surface area contributed by atoms with E-state index in [1.54, 1.807) is 19.2 Å². The minimum absolute atomic E-state index is 0.156. The topological polar surface area (TPSA) is 87.0 Å². The molecule has 0 aliphatic rings. The maximum absolute atomic E-state index is 12.5. The molecule has 1 heterocycles. The highest BCUT2D eigenvalue weighted by Crippen LogP contribution is 2.20. The quantitative estimate of drug-likeness (QED) is 0.529. The molecule has 7 nitrogen and oxygen atoms in total. The SMILES string of the molecule is COCCn1c(=NC(=O)CCS(=O)(=O)c2ccc(OC)cc2)sc2cc(C)ccc21. The summed E-state index contributed by atoms with van der Waals surface area (Å²) >= 11 is 1.41. The Bertz CT molecular complexity index is 1210. The molecule has 160 valence electrons. The van der Waals surface area contributed by atoms with Crippen molar-refractivity contribution < 1.29 is 22.7 Å². The van der Waals surface area contributed by atoms with Crippen LogP contribution >= 0.6 is 11.3 Å². The summed E-state index contributed by atoms with van der Waals surface area (Å²) in [6, 6.07) is 12.2. The van der Waals surface area contributed by atoms with Gasteiger partial charge in [-0.25, -0.2) is 8.42 Å². The van der Waals surface area contributed by atoms with Gasteiger partial charge in [0.2, 0.25) is 5.91 Å². The van der Waals surface area contributed by atoms with Gasteiger partial charge < -0.3 is 14.0 Å². The molecule has 3 aromatic rings. The number of aromatic nitrogens is 1. The summed E-state index contributed by atoms with van der Waals surface area (Å²) in [6.45, 7) is 3.04. The van der Waals surface area contributed by atoms with Crippen molar-refractivity contribution in [3.05, 3.63) is 52.8 Å². The first kappa shape index (κ1) is 22.2. The number of nitrogens with zero attached hydrogens (tertiary/aromatic N) is 2. The van der Waals surface area contributed by atoms with Crippen molar-refractivity contribution >= 4 is 37.3 Å². The number of ether oxygens (including phenoxy) is 2. The summed E-state index contributed by atoms with van der Waals surface area (Å²) in [5, 5.41) is 0. The predicted molar refractivity (Wildman–Crippen MR) is 117 cm³/mol. The molecular formula is C21H24N2O5S2. The van der Waals surface area contributed by atoms with Gasteiger partial charge in [0.05, 0.1) is 34.6 Å². The summed E-state index contributed by atoms with van der Waals surface area (Å²) in [4.78, 5) is 17.4. The number of carbonyl (C=O) groups excluding carboxylic acids is 1. The van der Waals surface area contributed by atoms with E-state index in [0.717, 1.165) is 15.8 Å². The van der Waals surface area contributed by atoms with Crippen LogP contribution in [0.4, 0.5) is 0 Å². The van der Waals surface area contributed by atoms with Crippen molar-refractivity contribution in [1.82, 2.24) is 4.57 Å². The first-order valence-electron chi connectivity index (χ1n) is 9.37. The molecule has 0 fully saturated rings. The van der Waals surface area contributed by atoms with E-state index >= 15 is 0 Å². The number of fused-ring (bicyclic) bond motifs is 1. The summed E-state index contributed by atoms with van der Waals surface area (Å²) in [5.41, 5.74) is 2.09. The normalized spacial score (nSPS) is 12.4. The molecule has 0 N–H and O–H groups in total. The lowest BCUT2D eigenvalue weighted by Gasteiger charge is -2.05. The number of hydrogen-bond donors (Lipinski definition) is 0. The van der Waals surface area contributed by atoms with Gasteiger partial charge in [-0.15, -0.1) is 0 Å². The highest BCUT2D eigenvalue weighted by Gasteiger charge is 2.17. The second-order valence-corrected chi connectivity index (χ2v) is 9.87. The van der Waals surface area contributed by atoms with Crippen LogP contribution in [0.2, 0.25) is 0 Å². The minimum atomic E-state index is -3.59. The van der Waals surface area contributed by atoms with Gasteiger partial charge in [-0.3, -0.25) is 4.79 Å². The zero-order valence-electron chi connectivity index (χ0n) is 17.1. The third-order valence-corrected chi connectivity index (χ3v) is 7.35. The minimum Gasteiger partial charge on any atom is -0.497 e. The Balaban J connectivity index is 1.82. The lowest BCUT2D eigenvalue weighted by Crippen LogP contribution is -2.20. The summed E-state index contributed by atoms with van der Waals surface area (Å²) in [5.74, 6) is -0.203. The van der Waals surface area contributed by atoms with Crippen molar-refractivity contribution in [2.45, 2.75) is 24.8 Å². The fourth-order valence-electron chi connectivity index (χ4n) is 2.95. The van der Waals surface area contributed by atoms with E-state index in [1.807, 2.05) is 29.7 Å². The molecule has 0 saturated carbocycles. The van der Waals surface area contributed by atoms with E-state index < -0.39 is 15.7 Å². The monoisotopic (exact) mass is 448 g/mol. The van der Waals surface area contributed by atoms with Crippen molar-refractivity contribution in [1.29, 1.82) is 0 Å². The van der Waals surface area contributed by atoms with Crippen LogP contribution in [0.25, 0.3) is 10.2 Å². The third kappa shape index (κ3) is 5.16. The molecule has 0 unspecified atom stereocenters. The van der Waals surface area contributed by atoms with Gasteiger partial charge in [0.25, 0.3) is 0 Å². The van der Waals surface area contributed by atoms with Crippen LogP contribution in [0, 0.1) is 6.92 Å². The summed E-state index contributed by atoms with van der Waals surface area (Å²) < 4.78 is 38.2. The van der Waals surface area contributed by atoms with E-state index in [1.165, 1.54) is 30.6 Å². The number of carbonyl (C=O) groups is 1. The van der Waals surface area contributed by atoms with Gasteiger partial charge in [-0.2, -0.15) is 4.99 Å². The van der Waals surface area contributed by atoms with Crippen LogP contribution in [0.15, 0.2) is 52.4 Å². The zero-order valence-corrected chi connectivity index (χ0v) is 18.8. The maximum atomic E-state index is 12.5. The van der Waals surface area contributed by atoms with E-state index in [2.05, 4.69) is 4.99 Å². The largest absolute Gasteiger partial charge is 0.497 e. The van der Waals surface area contributed by atoms with Crippen LogP contribution in [-0.2, 0) is 25.9 Å².